The Balaban J connectivity index is 0.00000187. The molecular weight excluding hydrogens is 814 g/mol. The largest absolute Gasteiger partial charge is 1.00 e. The molecule has 0 heterocycles. The van der Waals surface area contributed by atoms with Crippen LogP contribution in [0.4, 0.5) is 0 Å². The van der Waals surface area contributed by atoms with Gasteiger partial charge in [0.25, 0.3) is 0 Å². The van der Waals surface area contributed by atoms with Crippen LogP contribution < -0.4 is 24.8 Å². The van der Waals surface area contributed by atoms with Crippen molar-refractivity contribution in [3.8, 4) is 0 Å². The summed E-state index contributed by atoms with van der Waals surface area (Å²) in [6.45, 7) is 16.2. The monoisotopic (exact) mass is 859 g/mol. The smallest absolute Gasteiger partial charge is 0.00154 e. The molecule has 1 unspecified atom stereocenters. The molecule has 0 saturated carbocycles. The van der Waals surface area contributed by atoms with Gasteiger partial charge >= 0.3 is 0 Å². The van der Waals surface area contributed by atoms with Crippen LogP contribution in [-0.2, 0) is 36.7 Å². The molecule has 0 amide bonds. The molecule has 6 aromatic rings. The molecule has 0 saturated heterocycles. The second kappa shape index (κ2) is 15.5. The quantitative estimate of drug-likeness (QED) is 0.128. The van der Waals surface area contributed by atoms with Crippen molar-refractivity contribution in [2.45, 2.75) is 65.2 Å². The number of hydrogen-bond acceptors (Lipinski definition) is 0. The number of aryl methyl sites for hydroxylation is 1. The number of fused-ring (bicyclic) bond motifs is 3. The molecule has 0 nitrogen and oxygen atoms in total. The summed E-state index contributed by atoms with van der Waals surface area (Å²) < 4.78 is 0. The molecule has 6 aromatic carbocycles. The van der Waals surface area contributed by atoms with Crippen molar-refractivity contribution in [2.24, 2.45) is 0 Å². The Bertz CT molecular complexity index is 2170. The fourth-order valence-corrected chi connectivity index (χ4v) is 7.56. The summed E-state index contributed by atoms with van der Waals surface area (Å²) in [5.74, 6) is 0.211. The van der Waals surface area contributed by atoms with E-state index in [1.165, 1.54) is 77.2 Å². The van der Waals surface area contributed by atoms with Crippen molar-refractivity contribution in [3.63, 3.8) is 0 Å². The van der Waals surface area contributed by atoms with Crippen molar-refractivity contribution in [1.82, 2.24) is 0 Å². The summed E-state index contributed by atoms with van der Waals surface area (Å²) in [4.78, 5) is 0. The first-order valence-corrected chi connectivity index (χ1v) is 17.0. The van der Waals surface area contributed by atoms with E-state index >= 15 is 0 Å². The Morgan fingerprint density at radius 2 is 1.32 bits per heavy atom. The van der Waals surface area contributed by atoms with E-state index in [-0.39, 0.29) is 67.4 Å². The maximum absolute atomic E-state index is 2.47. The topological polar surface area (TPSA) is 0 Å². The average Bonchev–Trinajstić information content (AvgIpc) is 3.69. The Kier molecular flexibility index (Phi) is 12.2. The van der Waals surface area contributed by atoms with Crippen LogP contribution in [0.1, 0.15) is 85.0 Å². The zero-order valence-electron chi connectivity index (χ0n) is 30.1. The van der Waals surface area contributed by atoms with Gasteiger partial charge < -0.3 is 24.8 Å². The Hall–Kier alpha value is -3.36. The van der Waals surface area contributed by atoms with Crippen LogP contribution >= 0.6 is 0 Å². The first kappa shape index (κ1) is 39.4. The summed E-state index contributed by atoms with van der Waals surface area (Å²) in [5.41, 5.74) is 13.2. The Morgan fingerprint density at radius 1 is 0.700 bits per heavy atom. The van der Waals surface area contributed by atoms with Crippen molar-refractivity contribution in [1.29, 1.82) is 0 Å². The molecule has 0 bridgehead atoms. The van der Waals surface area contributed by atoms with Gasteiger partial charge in [-0.3, -0.25) is 0 Å². The average molecular weight is 859 g/mol. The third-order valence-electron chi connectivity index (χ3n) is 10.3. The van der Waals surface area contributed by atoms with Gasteiger partial charge in [0.15, 0.2) is 0 Å². The van der Waals surface area contributed by atoms with E-state index in [2.05, 4.69) is 188 Å². The van der Waals surface area contributed by atoms with Crippen molar-refractivity contribution in [2.75, 3.05) is 0 Å². The fourth-order valence-electron chi connectivity index (χ4n) is 7.56. The summed E-state index contributed by atoms with van der Waals surface area (Å²) in [6.07, 6.45) is 9.46. The van der Waals surface area contributed by atoms with Gasteiger partial charge in [0, 0.05) is 37.2 Å². The molecular formula is C47H45Cl2Hf-3. The van der Waals surface area contributed by atoms with Gasteiger partial charge in [-0.15, -0.1) is 33.7 Å². The molecule has 7 rings (SSSR count). The van der Waals surface area contributed by atoms with E-state index in [1.54, 1.807) is 0 Å². The predicted octanol–water partition coefficient (Wildman–Crippen LogP) is 6.78. The molecule has 0 radical (unpaired) electrons. The minimum Gasteiger partial charge on any atom is -1.00 e. The number of allylic oxidation sites excluding steroid dienone is 5. The van der Waals surface area contributed by atoms with E-state index in [0.29, 0.717) is 0 Å². The number of hydrogen-bond donors (Lipinski definition) is 0. The fraction of sp³-hybridized carbons (Fsp3) is 0.213. The first-order valence-electron chi connectivity index (χ1n) is 17.0. The van der Waals surface area contributed by atoms with Crippen molar-refractivity contribution in [3.05, 3.63) is 184 Å². The van der Waals surface area contributed by atoms with Gasteiger partial charge in [-0.25, -0.2) is 0 Å². The van der Waals surface area contributed by atoms with Gasteiger partial charge in [-0.2, -0.15) is 0 Å². The molecule has 1 atom stereocenters. The summed E-state index contributed by atoms with van der Waals surface area (Å²) >= 11 is 0. The van der Waals surface area contributed by atoms with Gasteiger partial charge in [0.1, 0.15) is 0 Å². The number of benzene rings is 5. The van der Waals surface area contributed by atoms with Crippen LogP contribution in [0.25, 0.3) is 32.7 Å². The minimum atomic E-state index is -0.190. The maximum Gasteiger partial charge on any atom is 0.00154 e. The predicted molar refractivity (Wildman–Crippen MR) is 205 cm³/mol. The molecule has 254 valence electrons. The summed E-state index contributed by atoms with van der Waals surface area (Å²) in [7, 11) is 0. The van der Waals surface area contributed by atoms with Crippen molar-refractivity contribution < 1.29 is 50.7 Å². The van der Waals surface area contributed by atoms with E-state index in [4.69, 9.17) is 0 Å². The molecule has 3 heteroatoms. The molecule has 50 heavy (non-hydrogen) atoms. The van der Waals surface area contributed by atoms with Crippen LogP contribution in [0.3, 0.4) is 0 Å². The van der Waals surface area contributed by atoms with Crippen LogP contribution in [0.2, 0.25) is 0 Å². The van der Waals surface area contributed by atoms with Crippen molar-refractivity contribution >= 4 is 32.7 Å². The summed E-state index contributed by atoms with van der Waals surface area (Å²) in [5, 5.41) is 5.36. The summed E-state index contributed by atoms with van der Waals surface area (Å²) in [6, 6.07) is 42.7. The first-order chi connectivity index (χ1) is 22.5. The Morgan fingerprint density at radius 3 is 1.94 bits per heavy atom. The molecule has 1 aliphatic rings. The van der Waals surface area contributed by atoms with Gasteiger partial charge in [-0.1, -0.05) is 179 Å². The third-order valence-corrected chi connectivity index (χ3v) is 10.3. The van der Waals surface area contributed by atoms with Crippen LogP contribution in [0.5, 0.6) is 0 Å². The van der Waals surface area contributed by atoms with Crippen LogP contribution in [-0.4, -0.2) is 0 Å². The molecule has 0 aliphatic heterocycles. The second-order valence-electron chi connectivity index (χ2n) is 14.9. The third kappa shape index (κ3) is 7.34. The SMILES string of the molecule is Cc1cccc(C2=CC=CC2c2c(C(C)(C)C)ccc3c2[cH-]c2cc(C(C)(C)C=C(c4ccccc4)c4ccccc4)ccc23)c1C.[Cl-].[Cl-].[Hf]. The molecule has 1 aliphatic carbocycles. The zero-order chi connectivity index (χ0) is 32.9. The number of rotatable bonds is 6. The van der Waals surface area contributed by atoms with Gasteiger partial charge in [0.2, 0.25) is 0 Å². The number of halogens is 2. The minimum absolute atomic E-state index is 0. The normalized spacial score (nSPS) is 14.1. The van der Waals surface area contributed by atoms with E-state index in [0.717, 1.165) is 0 Å². The molecule has 0 spiro atoms. The van der Waals surface area contributed by atoms with E-state index < -0.39 is 0 Å². The standard InChI is InChI=1S/C47H45.2ClH.Hf/c1-31-16-14-21-37(32(31)2)39-22-15-23-41(39)45-42-29-35-28-36(24-25-38(35)40(42)26-27-44(45)46(3,4)5)47(6,7)30-43(33-17-10-8-11-18-33)34-19-12-9-13-20-34;;;/h8-30,41H,1-7H3;2*1H;/q-1;;;/p-2. The molecule has 0 N–H and O–H groups in total. The molecule has 0 fully saturated rings. The van der Waals surface area contributed by atoms with Gasteiger partial charge in [-0.05, 0) is 58.2 Å². The van der Waals surface area contributed by atoms with Gasteiger partial charge in [0.05, 0.1) is 0 Å². The van der Waals surface area contributed by atoms with E-state index in [9.17, 15) is 0 Å². The van der Waals surface area contributed by atoms with E-state index in [1.807, 2.05) is 0 Å². The van der Waals surface area contributed by atoms with Crippen LogP contribution in [0.15, 0.2) is 140 Å². The zero-order valence-corrected chi connectivity index (χ0v) is 35.2. The van der Waals surface area contributed by atoms with Crippen LogP contribution in [0, 0.1) is 13.8 Å². The maximum atomic E-state index is 2.47. The molecule has 0 aromatic heterocycles. The second-order valence-corrected chi connectivity index (χ2v) is 14.9. The Labute approximate surface area is 330 Å².